The molecule has 0 aromatic heterocycles. The molecule has 0 aliphatic rings. The Labute approximate surface area is 124 Å². The van der Waals surface area contributed by atoms with Crippen molar-refractivity contribution >= 4 is 11.8 Å². The molecule has 0 saturated carbocycles. The average Bonchev–Trinajstić information content (AvgIpc) is 2.44. The Morgan fingerprint density at radius 1 is 1.29 bits per heavy atom. The fraction of sp³-hybridized carbons (Fsp3) is 0.400. The van der Waals surface area contributed by atoms with E-state index in [-0.39, 0.29) is 37.4 Å². The number of benzene rings is 1. The highest BCUT2D eigenvalue weighted by Crippen LogP contribution is 2.15. The summed E-state index contributed by atoms with van der Waals surface area (Å²) < 4.78 is 5.28. The molecule has 21 heavy (non-hydrogen) atoms. The van der Waals surface area contributed by atoms with Gasteiger partial charge in [0.25, 0.3) is 5.91 Å². The number of amides is 2. The molecule has 0 atom stereocenters. The summed E-state index contributed by atoms with van der Waals surface area (Å²) in [5.74, 6) is -0.0752. The highest BCUT2D eigenvalue weighted by Gasteiger charge is 2.07. The van der Waals surface area contributed by atoms with Gasteiger partial charge in [-0.1, -0.05) is 12.1 Å². The van der Waals surface area contributed by atoms with Crippen LogP contribution in [0.1, 0.15) is 25.8 Å². The minimum atomic E-state index is -0.333. The minimum absolute atomic E-state index is 0.0824. The molecule has 0 radical (unpaired) electrons. The normalized spacial score (nSPS) is 9.81. The lowest BCUT2D eigenvalue weighted by atomic mass is 10.2. The molecular weight excluding hydrogens is 270 g/mol. The maximum absolute atomic E-state index is 11.6. The van der Waals surface area contributed by atoms with E-state index in [9.17, 15) is 9.59 Å². The molecule has 0 aliphatic carbocycles. The zero-order valence-corrected chi connectivity index (χ0v) is 12.2. The second-order valence-electron chi connectivity index (χ2n) is 4.72. The molecule has 0 unspecified atom stereocenters. The number of ether oxygens (including phenoxy) is 1. The molecule has 0 aliphatic heterocycles. The summed E-state index contributed by atoms with van der Waals surface area (Å²) >= 11 is 0. The van der Waals surface area contributed by atoms with Crippen molar-refractivity contribution in [1.29, 1.82) is 5.26 Å². The third-order valence-electron chi connectivity index (χ3n) is 2.49. The van der Waals surface area contributed by atoms with Crippen LogP contribution in [0.15, 0.2) is 24.3 Å². The topological polar surface area (TPSA) is 91.2 Å². The third kappa shape index (κ3) is 6.43. The van der Waals surface area contributed by atoms with E-state index < -0.39 is 0 Å². The Morgan fingerprint density at radius 2 is 2.00 bits per heavy atom. The first-order valence-electron chi connectivity index (χ1n) is 6.71. The Kier molecular flexibility index (Phi) is 6.75. The van der Waals surface area contributed by atoms with Crippen LogP contribution in [0, 0.1) is 11.3 Å². The number of nitrogens with one attached hydrogen (secondary N) is 2. The molecule has 6 heteroatoms. The van der Waals surface area contributed by atoms with E-state index in [0.29, 0.717) is 11.3 Å². The zero-order valence-electron chi connectivity index (χ0n) is 12.2. The van der Waals surface area contributed by atoms with E-state index in [0.717, 1.165) is 0 Å². The Bertz CT molecular complexity index is 535. The lowest BCUT2D eigenvalue weighted by Gasteiger charge is -2.10. The van der Waals surface area contributed by atoms with Crippen molar-refractivity contribution in [3.8, 4) is 11.8 Å². The third-order valence-corrected chi connectivity index (χ3v) is 2.49. The number of nitriles is 1. The molecule has 0 bridgehead atoms. The van der Waals surface area contributed by atoms with E-state index in [2.05, 4.69) is 10.6 Å². The van der Waals surface area contributed by atoms with Gasteiger partial charge in [0.1, 0.15) is 11.8 Å². The van der Waals surface area contributed by atoms with Gasteiger partial charge in [0.15, 0.2) is 6.61 Å². The Morgan fingerprint density at radius 3 is 2.67 bits per heavy atom. The number of para-hydroxylation sites is 1. The van der Waals surface area contributed by atoms with Crippen molar-refractivity contribution in [2.45, 2.75) is 26.3 Å². The predicted molar refractivity (Wildman–Crippen MR) is 77.6 cm³/mol. The van der Waals surface area contributed by atoms with Crippen LogP contribution in [0.3, 0.4) is 0 Å². The number of rotatable bonds is 7. The fourth-order valence-corrected chi connectivity index (χ4v) is 1.59. The van der Waals surface area contributed by atoms with Gasteiger partial charge in [-0.05, 0) is 26.0 Å². The molecule has 1 aromatic rings. The first-order valence-corrected chi connectivity index (χ1v) is 6.71. The summed E-state index contributed by atoms with van der Waals surface area (Å²) in [6, 6.07) is 8.76. The maximum atomic E-state index is 11.6. The van der Waals surface area contributed by atoms with E-state index in [4.69, 9.17) is 10.00 Å². The summed E-state index contributed by atoms with van der Waals surface area (Å²) in [6.45, 7) is 3.80. The van der Waals surface area contributed by atoms with Crippen LogP contribution in [0.25, 0.3) is 0 Å². The first kappa shape index (κ1) is 16.5. The molecule has 6 nitrogen and oxygen atoms in total. The molecule has 0 fully saturated rings. The molecule has 2 amide bonds. The van der Waals surface area contributed by atoms with E-state index in [1.165, 1.54) is 0 Å². The predicted octanol–water partition coefficient (Wildman–Crippen LogP) is 0.968. The van der Waals surface area contributed by atoms with E-state index >= 15 is 0 Å². The summed E-state index contributed by atoms with van der Waals surface area (Å²) in [4.78, 5) is 22.9. The second-order valence-corrected chi connectivity index (χ2v) is 4.72. The average molecular weight is 289 g/mol. The van der Waals surface area contributed by atoms with Crippen LogP contribution in [0.4, 0.5) is 0 Å². The number of carbonyl (C=O) groups is 2. The number of hydrogen-bond acceptors (Lipinski definition) is 4. The molecule has 1 rings (SSSR count). The van der Waals surface area contributed by atoms with Crippen LogP contribution in [-0.4, -0.2) is 31.0 Å². The number of hydrogen-bond donors (Lipinski definition) is 2. The minimum Gasteiger partial charge on any atom is -0.482 e. The SMILES string of the molecule is CC(C)NC(=O)CCNC(=O)COc1ccccc1C#N. The van der Waals surface area contributed by atoms with Gasteiger partial charge in [-0.2, -0.15) is 5.26 Å². The van der Waals surface area contributed by atoms with Crippen LogP contribution in [0.2, 0.25) is 0 Å². The van der Waals surface area contributed by atoms with Crippen LogP contribution < -0.4 is 15.4 Å². The van der Waals surface area contributed by atoms with Gasteiger partial charge in [0.05, 0.1) is 5.56 Å². The summed E-state index contributed by atoms with van der Waals surface area (Å²) in [6.07, 6.45) is 0.221. The molecule has 1 aromatic carbocycles. The van der Waals surface area contributed by atoms with Crippen molar-refractivity contribution in [3.05, 3.63) is 29.8 Å². The summed E-state index contributed by atoms with van der Waals surface area (Å²) in [5.41, 5.74) is 0.376. The molecular formula is C15H19N3O3. The fourth-order valence-electron chi connectivity index (χ4n) is 1.59. The van der Waals surface area contributed by atoms with Gasteiger partial charge in [-0.25, -0.2) is 0 Å². The van der Waals surface area contributed by atoms with Crippen molar-refractivity contribution in [1.82, 2.24) is 10.6 Å². The maximum Gasteiger partial charge on any atom is 0.257 e. The van der Waals surface area contributed by atoms with Crippen molar-refractivity contribution in [3.63, 3.8) is 0 Å². The van der Waals surface area contributed by atoms with E-state index in [1.807, 2.05) is 19.9 Å². The van der Waals surface area contributed by atoms with Gasteiger partial charge in [-0.3, -0.25) is 9.59 Å². The van der Waals surface area contributed by atoms with Crippen LogP contribution in [0.5, 0.6) is 5.75 Å². The standard InChI is InChI=1S/C15H19N3O3/c1-11(2)18-14(19)7-8-17-15(20)10-21-13-6-4-3-5-12(13)9-16/h3-6,11H,7-8,10H2,1-2H3,(H,17,20)(H,18,19). The second kappa shape index (κ2) is 8.59. The molecule has 0 spiro atoms. The van der Waals surface area contributed by atoms with Crippen molar-refractivity contribution in [2.75, 3.05) is 13.2 Å². The largest absolute Gasteiger partial charge is 0.482 e. The van der Waals surface area contributed by atoms with Gasteiger partial charge < -0.3 is 15.4 Å². The zero-order chi connectivity index (χ0) is 15.7. The van der Waals surface area contributed by atoms with Gasteiger partial charge in [-0.15, -0.1) is 0 Å². The highest BCUT2D eigenvalue weighted by molar-refractivity contribution is 5.79. The quantitative estimate of drug-likeness (QED) is 0.782. The van der Waals surface area contributed by atoms with Crippen molar-refractivity contribution < 1.29 is 14.3 Å². The smallest absolute Gasteiger partial charge is 0.257 e. The summed E-state index contributed by atoms with van der Waals surface area (Å²) in [5, 5.41) is 14.2. The van der Waals surface area contributed by atoms with Gasteiger partial charge in [0, 0.05) is 19.0 Å². The van der Waals surface area contributed by atoms with Crippen LogP contribution in [-0.2, 0) is 9.59 Å². The number of carbonyl (C=O) groups excluding carboxylic acids is 2. The molecule has 0 heterocycles. The van der Waals surface area contributed by atoms with E-state index in [1.54, 1.807) is 24.3 Å². The van der Waals surface area contributed by atoms with Crippen LogP contribution >= 0.6 is 0 Å². The lowest BCUT2D eigenvalue weighted by Crippen LogP contribution is -2.35. The Balaban J connectivity index is 2.29. The number of nitrogens with zero attached hydrogens (tertiary/aromatic N) is 1. The molecule has 0 saturated heterocycles. The Hall–Kier alpha value is -2.55. The lowest BCUT2D eigenvalue weighted by molar-refractivity contribution is -0.123. The summed E-state index contributed by atoms with van der Waals surface area (Å²) in [7, 11) is 0. The molecule has 2 N–H and O–H groups in total. The monoisotopic (exact) mass is 289 g/mol. The van der Waals surface area contributed by atoms with Gasteiger partial charge in [0.2, 0.25) is 5.91 Å². The first-order chi connectivity index (χ1) is 10.0. The van der Waals surface area contributed by atoms with Gasteiger partial charge >= 0.3 is 0 Å². The molecule has 112 valence electrons. The highest BCUT2D eigenvalue weighted by atomic mass is 16.5. The van der Waals surface area contributed by atoms with Crippen molar-refractivity contribution in [2.24, 2.45) is 0 Å².